The van der Waals surface area contributed by atoms with Crippen LogP contribution in [0, 0.1) is 5.82 Å². The summed E-state index contributed by atoms with van der Waals surface area (Å²) in [5, 5.41) is 0. The molecule has 3 aromatic rings. The van der Waals surface area contributed by atoms with Gasteiger partial charge in [-0.3, -0.25) is 4.90 Å². The third-order valence-electron chi connectivity index (χ3n) is 5.36. The maximum absolute atomic E-state index is 13.2. The molecule has 1 aromatic heterocycles. The molecule has 8 nitrogen and oxygen atoms in total. The van der Waals surface area contributed by atoms with Crippen molar-refractivity contribution in [3.8, 4) is 22.8 Å². The molecule has 2 heterocycles. The summed E-state index contributed by atoms with van der Waals surface area (Å²) in [5.74, 6) is 1.50. The van der Waals surface area contributed by atoms with Gasteiger partial charge in [0.15, 0.2) is 5.76 Å². The fourth-order valence-corrected chi connectivity index (χ4v) is 5.17. The van der Waals surface area contributed by atoms with Gasteiger partial charge in [0.1, 0.15) is 22.2 Å². The van der Waals surface area contributed by atoms with E-state index < -0.39 is 10.0 Å². The van der Waals surface area contributed by atoms with Gasteiger partial charge in [0, 0.05) is 37.8 Å². The van der Waals surface area contributed by atoms with Crippen LogP contribution in [0.3, 0.4) is 0 Å². The van der Waals surface area contributed by atoms with E-state index in [1.165, 1.54) is 36.7 Å². The Balaban J connectivity index is 1.41. The van der Waals surface area contributed by atoms with Crippen LogP contribution in [0.15, 0.2) is 58.0 Å². The summed E-state index contributed by atoms with van der Waals surface area (Å²) in [6.07, 6.45) is 1.61. The second-order valence-corrected chi connectivity index (χ2v) is 9.23. The van der Waals surface area contributed by atoms with Crippen molar-refractivity contribution in [2.45, 2.75) is 11.4 Å². The predicted octanol–water partition coefficient (Wildman–Crippen LogP) is 3.00. The maximum atomic E-state index is 13.2. The zero-order chi connectivity index (χ0) is 22.7. The zero-order valence-electron chi connectivity index (χ0n) is 17.8. The number of oxazole rings is 1. The van der Waals surface area contributed by atoms with E-state index in [0.717, 1.165) is 5.56 Å². The summed E-state index contributed by atoms with van der Waals surface area (Å²) in [6.45, 7) is 2.17. The lowest BCUT2D eigenvalue weighted by atomic mass is 10.2. The lowest BCUT2D eigenvalue weighted by Gasteiger charge is -2.33. The third-order valence-corrected chi connectivity index (χ3v) is 7.28. The quantitative estimate of drug-likeness (QED) is 0.535. The van der Waals surface area contributed by atoms with Crippen LogP contribution in [0.4, 0.5) is 4.39 Å². The molecule has 32 heavy (non-hydrogen) atoms. The first kappa shape index (κ1) is 22.3. The van der Waals surface area contributed by atoms with E-state index in [4.69, 9.17) is 13.9 Å². The van der Waals surface area contributed by atoms with Gasteiger partial charge in [-0.15, -0.1) is 0 Å². The second-order valence-electron chi connectivity index (χ2n) is 7.32. The fraction of sp³-hybridized carbons (Fsp3) is 0.318. The normalized spacial score (nSPS) is 15.6. The number of hydrogen-bond acceptors (Lipinski definition) is 7. The molecular weight excluding hydrogens is 437 g/mol. The van der Waals surface area contributed by atoms with Gasteiger partial charge in [0.2, 0.25) is 15.9 Å². The number of nitrogens with zero attached hydrogens (tertiary/aromatic N) is 3. The Labute approximate surface area is 186 Å². The van der Waals surface area contributed by atoms with Crippen LogP contribution in [0.25, 0.3) is 11.3 Å². The molecule has 0 spiro atoms. The highest BCUT2D eigenvalue weighted by Gasteiger charge is 2.31. The highest BCUT2D eigenvalue weighted by atomic mass is 32.2. The number of aromatic nitrogens is 1. The lowest BCUT2D eigenvalue weighted by molar-refractivity contribution is 0.168. The molecule has 1 aliphatic rings. The van der Waals surface area contributed by atoms with Crippen LogP contribution < -0.4 is 9.47 Å². The van der Waals surface area contributed by atoms with Crippen molar-refractivity contribution in [3.05, 3.63) is 60.4 Å². The lowest BCUT2D eigenvalue weighted by Crippen LogP contribution is -2.48. The number of rotatable bonds is 7. The monoisotopic (exact) mass is 461 g/mol. The molecule has 170 valence electrons. The standard InChI is InChI=1S/C22H24FN3O5S/c1-29-18-7-8-19(30-2)21(13-18)32(27,28)26-11-9-25(10-12-26)15-22-24-14-20(31-22)16-3-5-17(23)6-4-16/h3-8,13-14H,9-12,15H2,1-2H3. The molecule has 0 bridgehead atoms. The Morgan fingerprint density at radius 3 is 2.41 bits per heavy atom. The summed E-state index contributed by atoms with van der Waals surface area (Å²) in [7, 11) is -0.810. The smallest absolute Gasteiger partial charge is 0.246 e. The Morgan fingerprint density at radius 2 is 1.75 bits per heavy atom. The van der Waals surface area contributed by atoms with Gasteiger partial charge >= 0.3 is 0 Å². The Hall–Kier alpha value is -2.95. The Morgan fingerprint density at radius 1 is 1.03 bits per heavy atom. The van der Waals surface area contributed by atoms with Gasteiger partial charge in [0.05, 0.1) is 27.0 Å². The number of hydrogen-bond donors (Lipinski definition) is 0. The summed E-state index contributed by atoms with van der Waals surface area (Å²) in [6, 6.07) is 10.7. The van der Waals surface area contributed by atoms with Crippen LogP contribution in [-0.2, 0) is 16.6 Å². The topological polar surface area (TPSA) is 85.1 Å². The van der Waals surface area contributed by atoms with Crippen molar-refractivity contribution >= 4 is 10.0 Å². The highest BCUT2D eigenvalue weighted by Crippen LogP contribution is 2.31. The van der Waals surface area contributed by atoms with Crippen molar-refractivity contribution in [2.75, 3.05) is 40.4 Å². The number of halogens is 1. The van der Waals surface area contributed by atoms with Crippen LogP contribution in [0.2, 0.25) is 0 Å². The minimum atomic E-state index is -3.74. The molecule has 0 atom stereocenters. The number of sulfonamides is 1. The van der Waals surface area contributed by atoms with E-state index in [1.54, 1.807) is 30.5 Å². The van der Waals surface area contributed by atoms with E-state index in [0.29, 0.717) is 50.1 Å². The summed E-state index contributed by atoms with van der Waals surface area (Å²) in [4.78, 5) is 6.47. The molecule has 4 rings (SSSR count). The molecule has 0 N–H and O–H groups in total. The van der Waals surface area contributed by atoms with Gasteiger partial charge in [-0.2, -0.15) is 4.31 Å². The molecule has 1 fully saturated rings. The summed E-state index contributed by atoms with van der Waals surface area (Å²) in [5.41, 5.74) is 0.744. The second kappa shape index (κ2) is 9.27. The van der Waals surface area contributed by atoms with Gasteiger partial charge in [0.25, 0.3) is 0 Å². The van der Waals surface area contributed by atoms with Gasteiger partial charge in [-0.05, 0) is 36.4 Å². The van der Waals surface area contributed by atoms with Crippen molar-refractivity contribution < 1.29 is 26.7 Å². The van der Waals surface area contributed by atoms with Crippen molar-refractivity contribution in [2.24, 2.45) is 0 Å². The summed E-state index contributed by atoms with van der Waals surface area (Å²) < 4.78 is 57.2. The predicted molar refractivity (Wildman–Crippen MR) is 115 cm³/mol. The minimum absolute atomic E-state index is 0.0874. The van der Waals surface area contributed by atoms with Crippen molar-refractivity contribution in [3.63, 3.8) is 0 Å². The van der Waals surface area contributed by atoms with E-state index in [1.807, 2.05) is 0 Å². The van der Waals surface area contributed by atoms with E-state index in [9.17, 15) is 12.8 Å². The van der Waals surface area contributed by atoms with Crippen LogP contribution in [0.5, 0.6) is 11.5 Å². The average Bonchev–Trinajstić information content (AvgIpc) is 3.28. The Kier molecular flexibility index (Phi) is 6.45. The molecule has 0 aliphatic carbocycles. The minimum Gasteiger partial charge on any atom is -0.497 e. The molecular formula is C22H24FN3O5S. The first-order valence-corrected chi connectivity index (χ1v) is 11.5. The molecule has 0 saturated carbocycles. The van der Waals surface area contributed by atoms with Crippen molar-refractivity contribution in [1.82, 2.24) is 14.2 Å². The number of benzene rings is 2. The first-order valence-electron chi connectivity index (χ1n) is 10.1. The van der Waals surface area contributed by atoms with Crippen LogP contribution in [-0.4, -0.2) is 63.0 Å². The number of piperazine rings is 1. The molecule has 10 heteroatoms. The SMILES string of the molecule is COc1ccc(OC)c(S(=O)(=O)N2CCN(Cc3ncc(-c4ccc(F)cc4)o3)CC2)c1. The van der Waals surface area contributed by atoms with Gasteiger partial charge in [-0.25, -0.2) is 17.8 Å². The number of ether oxygens (including phenoxy) is 2. The van der Waals surface area contributed by atoms with E-state index in [-0.39, 0.29) is 16.5 Å². The molecule has 1 saturated heterocycles. The van der Waals surface area contributed by atoms with Crippen molar-refractivity contribution in [1.29, 1.82) is 0 Å². The molecule has 0 amide bonds. The Bertz CT molecular complexity index is 1170. The third kappa shape index (κ3) is 4.62. The maximum Gasteiger partial charge on any atom is 0.246 e. The molecule has 2 aromatic carbocycles. The largest absolute Gasteiger partial charge is 0.497 e. The highest BCUT2D eigenvalue weighted by molar-refractivity contribution is 7.89. The van der Waals surface area contributed by atoms with Gasteiger partial charge in [-0.1, -0.05) is 0 Å². The van der Waals surface area contributed by atoms with Gasteiger partial charge < -0.3 is 13.9 Å². The molecule has 1 aliphatic heterocycles. The van der Waals surface area contributed by atoms with Crippen LogP contribution >= 0.6 is 0 Å². The summed E-state index contributed by atoms with van der Waals surface area (Å²) >= 11 is 0. The number of methoxy groups -OCH3 is 2. The van der Waals surface area contributed by atoms with E-state index in [2.05, 4.69) is 9.88 Å². The molecule has 0 radical (unpaired) electrons. The van der Waals surface area contributed by atoms with Crippen LogP contribution in [0.1, 0.15) is 5.89 Å². The average molecular weight is 462 g/mol. The first-order chi connectivity index (χ1) is 15.4. The fourth-order valence-electron chi connectivity index (χ4n) is 3.57. The van der Waals surface area contributed by atoms with E-state index >= 15 is 0 Å². The zero-order valence-corrected chi connectivity index (χ0v) is 18.6. The molecule has 0 unspecified atom stereocenters.